The van der Waals surface area contributed by atoms with Crippen LogP contribution < -0.4 is 16.0 Å². The largest absolute Gasteiger partial charge is 0.367 e. The van der Waals surface area contributed by atoms with Crippen LogP contribution in [0.2, 0.25) is 0 Å². The average molecular weight is 259 g/mol. The van der Waals surface area contributed by atoms with Crippen molar-refractivity contribution in [2.45, 2.75) is 19.4 Å². The number of rotatable bonds is 3. The summed E-state index contributed by atoms with van der Waals surface area (Å²) in [5.41, 5.74) is 7.16. The molecule has 1 aromatic rings. The molecule has 1 aromatic carbocycles. The molecule has 2 heterocycles. The van der Waals surface area contributed by atoms with Gasteiger partial charge < -0.3 is 16.0 Å². The highest BCUT2D eigenvalue weighted by atomic mass is 16.1. The minimum absolute atomic E-state index is 0.333. The Kier molecular flexibility index (Phi) is 3.19. The fraction of sp³-hybridized carbons (Fsp3) is 0.533. The van der Waals surface area contributed by atoms with Crippen LogP contribution in [0.3, 0.4) is 0 Å². The quantitative estimate of drug-likeness (QED) is 0.858. The number of primary amides is 1. The van der Waals surface area contributed by atoms with E-state index in [1.165, 1.54) is 0 Å². The van der Waals surface area contributed by atoms with Crippen LogP contribution in [0, 0.1) is 11.8 Å². The van der Waals surface area contributed by atoms with Crippen molar-refractivity contribution in [2.75, 3.05) is 24.5 Å². The first-order valence-electron chi connectivity index (χ1n) is 7.08. The number of carbonyl (C=O) groups excluding carboxylic acids is 1. The summed E-state index contributed by atoms with van der Waals surface area (Å²) in [7, 11) is 0. The van der Waals surface area contributed by atoms with Gasteiger partial charge in [-0.25, -0.2) is 0 Å². The van der Waals surface area contributed by atoms with Gasteiger partial charge in [0.15, 0.2) is 0 Å². The number of para-hydroxylation sites is 1. The van der Waals surface area contributed by atoms with Gasteiger partial charge in [0.1, 0.15) is 0 Å². The number of hydrogen-bond donors (Lipinski definition) is 2. The van der Waals surface area contributed by atoms with E-state index in [9.17, 15) is 4.79 Å². The summed E-state index contributed by atoms with van der Waals surface area (Å²) < 4.78 is 0. The van der Waals surface area contributed by atoms with E-state index in [0.29, 0.717) is 23.4 Å². The van der Waals surface area contributed by atoms with Gasteiger partial charge in [0.05, 0.1) is 5.56 Å². The molecule has 102 valence electrons. The minimum atomic E-state index is -0.333. The monoisotopic (exact) mass is 259 g/mol. The number of nitrogens with one attached hydrogen (secondary N) is 1. The molecule has 0 saturated carbocycles. The smallest absolute Gasteiger partial charge is 0.250 e. The Labute approximate surface area is 114 Å². The molecule has 0 radical (unpaired) electrons. The maximum atomic E-state index is 11.6. The second-order valence-electron chi connectivity index (χ2n) is 5.59. The molecule has 1 amide bonds. The van der Waals surface area contributed by atoms with E-state index in [1.807, 2.05) is 24.3 Å². The zero-order chi connectivity index (χ0) is 13.4. The van der Waals surface area contributed by atoms with Crippen LogP contribution in [0.1, 0.15) is 23.7 Å². The van der Waals surface area contributed by atoms with Crippen LogP contribution in [0.4, 0.5) is 5.69 Å². The number of fused-ring (bicyclic) bond motifs is 1. The topological polar surface area (TPSA) is 58.4 Å². The van der Waals surface area contributed by atoms with Crippen molar-refractivity contribution in [1.82, 2.24) is 5.32 Å². The van der Waals surface area contributed by atoms with Crippen molar-refractivity contribution in [3.8, 4) is 0 Å². The molecule has 2 aliphatic heterocycles. The lowest BCUT2D eigenvalue weighted by molar-refractivity contribution is 0.100. The van der Waals surface area contributed by atoms with Crippen LogP contribution >= 0.6 is 0 Å². The molecular weight excluding hydrogens is 238 g/mol. The molecule has 0 aromatic heterocycles. The summed E-state index contributed by atoms with van der Waals surface area (Å²) >= 11 is 0. The lowest BCUT2D eigenvalue weighted by Crippen LogP contribution is -2.36. The summed E-state index contributed by atoms with van der Waals surface area (Å²) in [6, 6.07) is 8.23. The van der Waals surface area contributed by atoms with Crippen molar-refractivity contribution < 1.29 is 4.79 Å². The molecule has 3 unspecified atom stereocenters. The number of anilines is 1. The summed E-state index contributed by atoms with van der Waals surface area (Å²) in [6.45, 7) is 5.44. The third-order valence-electron chi connectivity index (χ3n) is 4.62. The molecule has 19 heavy (non-hydrogen) atoms. The molecule has 3 rings (SSSR count). The maximum absolute atomic E-state index is 11.6. The third-order valence-corrected chi connectivity index (χ3v) is 4.62. The van der Waals surface area contributed by atoms with Crippen LogP contribution in [0.25, 0.3) is 0 Å². The predicted molar refractivity (Wildman–Crippen MR) is 76.2 cm³/mol. The number of nitrogens with two attached hydrogens (primary N) is 1. The number of nitrogens with zero attached hydrogens (tertiary/aromatic N) is 1. The Morgan fingerprint density at radius 3 is 2.95 bits per heavy atom. The second kappa shape index (κ2) is 4.85. The summed E-state index contributed by atoms with van der Waals surface area (Å²) in [4.78, 5) is 14.0. The van der Waals surface area contributed by atoms with Crippen molar-refractivity contribution in [3.05, 3.63) is 29.8 Å². The van der Waals surface area contributed by atoms with E-state index in [4.69, 9.17) is 5.73 Å². The molecule has 3 atom stereocenters. The van der Waals surface area contributed by atoms with Crippen molar-refractivity contribution in [1.29, 1.82) is 0 Å². The van der Waals surface area contributed by atoms with Crippen LogP contribution in [0.5, 0.6) is 0 Å². The molecular formula is C15H21N3O. The number of amides is 1. The first kappa shape index (κ1) is 12.5. The van der Waals surface area contributed by atoms with E-state index >= 15 is 0 Å². The fourth-order valence-corrected chi connectivity index (χ4v) is 3.76. The van der Waals surface area contributed by atoms with Gasteiger partial charge in [-0.3, -0.25) is 4.79 Å². The van der Waals surface area contributed by atoms with E-state index < -0.39 is 0 Å². The molecule has 4 nitrogen and oxygen atoms in total. The van der Waals surface area contributed by atoms with Gasteiger partial charge in [-0.2, -0.15) is 0 Å². The van der Waals surface area contributed by atoms with Gasteiger partial charge in [0.25, 0.3) is 5.91 Å². The van der Waals surface area contributed by atoms with Gasteiger partial charge in [0, 0.05) is 31.4 Å². The van der Waals surface area contributed by atoms with Gasteiger partial charge in [0.2, 0.25) is 0 Å². The number of carbonyl (C=O) groups is 1. The Bertz CT molecular complexity index is 488. The maximum Gasteiger partial charge on any atom is 0.250 e. The van der Waals surface area contributed by atoms with Gasteiger partial charge in [-0.15, -0.1) is 0 Å². The standard InChI is InChI=1S/C15H21N3O/c1-2-13-12-8-17-7-10(12)9-18(13)14-6-4-3-5-11(14)15(16)19/h3-6,10,12-13,17H,2,7-9H2,1H3,(H2,16,19). The first-order chi connectivity index (χ1) is 9.22. The van der Waals surface area contributed by atoms with Gasteiger partial charge in [-0.1, -0.05) is 19.1 Å². The number of hydrogen-bond acceptors (Lipinski definition) is 3. The zero-order valence-electron chi connectivity index (χ0n) is 11.3. The summed E-state index contributed by atoms with van der Waals surface area (Å²) in [6.07, 6.45) is 1.11. The molecule has 4 heteroatoms. The van der Waals surface area contributed by atoms with Gasteiger partial charge >= 0.3 is 0 Å². The summed E-state index contributed by atoms with van der Waals surface area (Å²) in [5, 5.41) is 3.48. The minimum Gasteiger partial charge on any atom is -0.367 e. The van der Waals surface area contributed by atoms with E-state index in [2.05, 4.69) is 17.1 Å². The Morgan fingerprint density at radius 1 is 1.42 bits per heavy atom. The highest BCUT2D eigenvalue weighted by Gasteiger charge is 2.43. The third kappa shape index (κ3) is 2.00. The Balaban J connectivity index is 1.96. The van der Waals surface area contributed by atoms with Crippen LogP contribution in [-0.4, -0.2) is 31.6 Å². The Hall–Kier alpha value is -1.55. The lowest BCUT2D eigenvalue weighted by atomic mass is 9.92. The van der Waals surface area contributed by atoms with E-state index in [1.54, 1.807) is 0 Å². The SMILES string of the molecule is CCC1C2CNCC2CN1c1ccccc1C(N)=O. The predicted octanol–water partition coefficient (Wildman–Crippen LogP) is 1.22. The van der Waals surface area contributed by atoms with E-state index in [-0.39, 0.29) is 5.91 Å². The molecule has 2 saturated heterocycles. The van der Waals surface area contributed by atoms with E-state index in [0.717, 1.165) is 31.7 Å². The molecule has 0 aliphatic carbocycles. The van der Waals surface area contributed by atoms with Gasteiger partial charge in [-0.05, 0) is 30.4 Å². The zero-order valence-corrected chi connectivity index (χ0v) is 11.3. The normalized spacial score (nSPS) is 29.5. The Morgan fingerprint density at radius 2 is 2.21 bits per heavy atom. The molecule has 0 bridgehead atoms. The highest BCUT2D eigenvalue weighted by molar-refractivity contribution is 5.98. The average Bonchev–Trinajstić information content (AvgIpc) is 2.98. The van der Waals surface area contributed by atoms with Crippen LogP contribution in [-0.2, 0) is 0 Å². The van der Waals surface area contributed by atoms with Crippen molar-refractivity contribution >= 4 is 11.6 Å². The molecule has 3 N–H and O–H groups in total. The van der Waals surface area contributed by atoms with Crippen molar-refractivity contribution in [3.63, 3.8) is 0 Å². The summed E-state index contributed by atoms with van der Waals surface area (Å²) in [5.74, 6) is 1.07. The highest BCUT2D eigenvalue weighted by Crippen LogP contribution is 2.38. The lowest BCUT2D eigenvalue weighted by Gasteiger charge is -2.30. The molecule has 2 aliphatic rings. The molecule has 0 spiro atoms. The number of benzene rings is 1. The molecule has 2 fully saturated rings. The van der Waals surface area contributed by atoms with Crippen molar-refractivity contribution in [2.24, 2.45) is 17.6 Å². The first-order valence-corrected chi connectivity index (χ1v) is 7.08. The van der Waals surface area contributed by atoms with Crippen LogP contribution in [0.15, 0.2) is 24.3 Å². The fourth-order valence-electron chi connectivity index (χ4n) is 3.76. The second-order valence-corrected chi connectivity index (χ2v) is 5.59.